The molecule has 0 amide bonds. The second-order valence-corrected chi connectivity index (χ2v) is 10.7. The lowest BCUT2D eigenvalue weighted by Gasteiger charge is -2.26. The molecule has 4 aromatic rings. The highest BCUT2D eigenvalue weighted by atomic mass is 19.2. The molecule has 1 aliphatic heterocycles. The number of carbonyl (C=O) groups is 1. The minimum absolute atomic E-state index is 0.0964. The highest BCUT2D eigenvalue weighted by molar-refractivity contribution is 5.98. The van der Waals surface area contributed by atoms with Crippen molar-refractivity contribution in [2.75, 3.05) is 44.4 Å². The van der Waals surface area contributed by atoms with Crippen LogP contribution in [0.4, 0.5) is 20.2 Å². The molecule has 1 saturated heterocycles. The Kier molecular flexibility index (Phi) is 6.27. The molecule has 0 unspecified atom stereocenters. The number of benzene rings is 1. The molecule has 1 fully saturated rings. The fourth-order valence-corrected chi connectivity index (χ4v) is 6.10. The van der Waals surface area contributed by atoms with Crippen LogP contribution in [0.2, 0.25) is 0 Å². The summed E-state index contributed by atoms with van der Waals surface area (Å²) in [6, 6.07) is 2.46. The quantitative estimate of drug-likeness (QED) is 0.297. The van der Waals surface area contributed by atoms with E-state index in [2.05, 4.69) is 15.3 Å². The average molecular weight is 563 g/mol. The Bertz CT molecular complexity index is 1820. The van der Waals surface area contributed by atoms with Gasteiger partial charge in [0.15, 0.2) is 11.6 Å². The number of anilines is 2. The summed E-state index contributed by atoms with van der Waals surface area (Å²) >= 11 is 0. The molecular weight excluding hydrogens is 534 g/mol. The summed E-state index contributed by atoms with van der Waals surface area (Å²) in [5.74, 6) is -3.34. The number of β-amino-alcohol motifs (C(OH)–C–C–N with tert-alkyl or cyclic N) is 1. The van der Waals surface area contributed by atoms with Gasteiger partial charge in [-0.3, -0.25) is 9.78 Å². The topological polar surface area (TPSA) is 124 Å². The van der Waals surface area contributed by atoms with Gasteiger partial charge in [-0.1, -0.05) is 0 Å². The maximum Gasteiger partial charge on any atom is 0.341 e. The first kappa shape index (κ1) is 26.8. The number of aliphatic hydroxyl groups is 1. The smallest absolute Gasteiger partial charge is 0.341 e. The van der Waals surface area contributed by atoms with Crippen molar-refractivity contribution in [2.45, 2.75) is 18.6 Å². The van der Waals surface area contributed by atoms with Gasteiger partial charge in [0.1, 0.15) is 11.2 Å². The third kappa shape index (κ3) is 4.05. The lowest BCUT2D eigenvalue weighted by Crippen LogP contribution is -2.38. The van der Waals surface area contributed by atoms with E-state index in [1.165, 1.54) is 10.8 Å². The highest BCUT2D eigenvalue weighted by Crippen LogP contribution is 2.50. The molecule has 0 bridgehead atoms. The number of carboxylic acids is 1. The van der Waals surface area contributed by atoms with E-state index in [1.54, 1.807) is 32.6 Å². The lowest BCUT2D eigenvalue weighted by molar-refractivity contribution is 0.0695. The molecule has 212 valence electrons. The lowest BCUT2D eigenvalue weighted by atomic mass is 9.97. The Morgan fingerprint density at radius 1 is 1.15 bits per heavy atom. The van der Waals surface area contributed by atoms with Crippen molar-refractivity contribution >= 4 is 28.4 Å². The van der Waals surface area contributed by atoms with Crippen LogP contribution in [-0.2, 0) is 13.5 Å². The highest BCUT2D eigenvalue weighted by Gasteiger charge is 2.39. The maximum atomic E-state index is 15.6. The number of fused-ring (bicyclic) bond motifs is 4. The van der Waals surface area contributed by atoms with Crippen LogP contribution >= 0.6 is 0 Å². The van der Waals surface area contributed by atoms with Crippen LogP contribution in [0.3, 0.4) is 0 Å². The molecule has 2 aliphatic rings. The van der Waals surface area contributed by atoms with Crippen molar-refractivity contribution in [3.05, 3.63) is 69.4 Å². The third-order valence-corrected chi connectivity index (χ3v) is 8.11. The van der Waals surface area contributed by atoms with Crippen molar-refractivity contribution < 1.29 is 23.8 Å². The van der Waals surface area contributed by atoms with Gasteiger partial charge in [-0.2, -0.15) is 0 Å². The number of hydrogen-bond acceptors (Lipinski definition) is 8. The Morgan fingerprint density at radius 3 is 2.56 bits per heavy atom. The molecule has 41 heavy (non-hydrogen) atoms. The minimum Gasteiger partial charge on any atom is -0.477 e. The largest absolute Gasteiger partial charge is 0.477 e. The molecule has 4 heterocycles. The standard InChI is InChI=1S/C29H28F2N6O4/c1-32-19-7-18(30)25(31)23-14(19)6-20-24(23)26(37-11-21(35(2)3)22(38)12-37)16(9-33-20)13-5-15-27(39)17(29(40)41)10-36(4)28(15)34-8-13/h5,7-10,21-22,32,38H,6,11-12H2,1-4H3,(H,40,41)/t21-,22+/m0/s1. The van der Waals surface area contributed by atoms with Crippen molar-refractivity contribution in [1.82, 2.24) is 19.4 Å². The van der Waals surface area contributed by atoms with E-state index in [4.69, 9.17) is 0 Å². The van der Waals surface area contributed by atoms with Gasteiger partial charge in [0.05, 0.1) is 28.9 Å². The van der Waals surface area contributed by atoms with Crippen LogP contribution in [0, 0.1) is 11.6 Å². The number of aromatic carboxylic acids is 1. The molecule has 1 aromatic carbocycles. The summed E-state index contributed by atoms with van der Waals surface area (Å²) in [5.41, 5.74) is 2.81. The number of halogens is 2. The normalized spacial score (nSPS) is 17.8. The van der Waals surface area contributed by atoms with E-state index in [0.29, 0.717) is 51.5 Å². The average Bonchev–Trinajstić information content (AvgIpc) is 3.52. The molecule has 3 N–H and O–H groups in total. The Hall–Kier alpha value is -4.42. The Labute approximate surface area is 233 Å². The summed E-state index contributed by atoms with van der Waals surface area (Å²) in [4.78, 5) is 37.8. The van der Waals surface area contributed by atoms with Crippen molar-refractivity contribution in [3.8, 4) is 22.3 Å². The number of nitrogens with zero attached hydrogens (tertiary/aromatic N) is 5. The van der Waals surface area contributed by atoms with Crippen LogP contribution < -0.4 is 15.6 Å². The van der Waals surface area contributed by atoms with Gasteiger partial charge in [0.25, 0.3) is 0 Å². The first-order valence-electron chi connectivity index (χ1n) is 13.0. The van der Waals surface area contributed by atoms with Gasteiger partial charge in [0.2, 0.25) is 5.43 Å². The van der Waals surface area contributed by atoms with Gasteiger partial charge in [-0.15, -0.1) is 0 Å². The molecule has 2 atom stereocenters. The number of pyridine rings is 3. The molecule has 0 radical (unpaired) electrons. The van der Waals surface area contributed by atoms with Gasteiger partial charge in [-0.05, 0) is 25.7 Å². The van der Waals surface area contributed by atoms with Gasteiger partial charge in [-0.25, -0.2) is 18.6 Å². The number of carboxylic acid groups (broad SMARTS) is 1. The van der Waals surface area contributed by atoms with E-state index in [1.807, 2.05) is 23.9 Å². The Balaban J connectivity index is 1.65. The van der Waals surface area contributed by atoms with E-state index < -0.39 is 34.7 Å². The minimum atomic E-state index is -1.35. The van der Waals surface area contributed by atoms with Crippen molar-refractivity contribution in [2.24, 2.45) is 7.05 Å². The molecule has 1 aliphatic carbocycles. The van der Waals surface area contributed by atoms with Crippen LogP contribution in [0.5, 0.6) is 0 Å². The number of nitrogens with one attached hydrogen (secondary N) is 1. The van der Waals surface area contributed by atoms with E-state index >= 15 is 4.39 Å². The van der Waals surface area contributed by atoms with Crippen LogP contribution in [0.25, 0.3) is 33.3 Å². The van der Waals surface area contributed by atoms with E-state index in [-0.39, 0.29) is 30.0 Å². The van der Waals surface area contributed by atoms with Gasteiger partial charge < -0.3 is 29.9 Å². The fraction of sp³-hybridized carbons (Fsp3) is 0.310. The SMILES string of the molecule is CNc1cc(F)c(F)c2c1Cc1ncc(-c3cnc4c(c3)c(=O)c(C(=O)O)cn4C)c(N3C[C@@H](O)[C@@H](N(C)C)C3)c1-2. The summed E-state index contributed by atoms with van der Waals surface area (Å²) in [6.07, 6.45) is 3.94. The first-order chi connectivity index (χ1) is 19.5. The monoisotopic (exact) mass is 562 g/mol. The van der Waals surface area contributed by atoms with Crippen LogP contribution in [0.15, 0.2) is 35.5 Å². The van der Waals surface area contributed by atoms with Crippen LogP contribution in [-0.4, -0.2) is 82.0 Å². The zero-order valence-electron chi connectivity index (χ0n) is 22.9. The first-order valence-corrected chi connectivity index (χ1v) is 13.0. The Morgan fingerprint density at radius 2 is 1.90 bits per heavy atom. The number of likely N-dealkylation sites (N-methyl/N-ethyl adjacent to an activating group) is 1. The number of hydrogen-bond donors (Lipinski definition) is 3. The van der Waals surface area contributed by atoms with Crippen molar-refractivity contribution in [1.29, 1.82) is 0 Å². The second kappa shape index (κ2) is 9.60. The molecular formula is C29H28F2N6O4. The number of aromatic nitrogens is 3. The summed E-state index contributed by atoms with van der Waals surface area (Å²) < 4.78 is 31.9. The molecule has 12 heteroatoms. The number of aryl methyl sites for hydroxylation is 1. The fourth-order valence-electron chi connectivity index (χ4n) is 6.10. The molecule has 6 rings (SSSR count). The van der Waals surface area contributed by atoms with Crippen LogP contribution in [0.1, 0.15) is 21.6 Å². The van der Waals surface area contributed by atoms with E-state index in [0.717, 1.165) is 6.07 Å². The maximum absolute atomic E-state index is 15.6. The van der Waals surface area contributed by atoms with Gasteiger partial charge >= 0.3 is 5.97 Å². The summed E-state index contributed by atoms with van der Waals surface area (Å²) in [6.45, 7) is 0.623. The molecule has 3 aromatic heterocycles. The predicted molar refractivity (Wildman–Crippen MR) is 151 cm³/mol. The zero-order valence-corrected chi connectivity index (χ0v) is 22.9. The number of aliphatic hydroxyl groups excluding tert-OH is 1. The summed E-state index contributed by atoms with van der Waals surface area (Å²) in [5, 5.41) is 23.5. The van der Waals surface area contributed by atoms with E-state index in [9.17, 15) is 24.2 Å². The number of rotatable bonds is 5. The van der Waals surface area contributed by atoms with Gasteiger partial charge in [0, 0.05) is 86.2 Å². The molecule has 10 nitrogen and oxygen atoms in total. The summed E-state index contributed by atoms with van der Waals surface area (Å²) in [7, 11) is 6.97. The predicted octanol–water partition coefficient (Wildman–Crippen LogP) is 2.70. The zero-order chi connectivity index (χ0) is 29.3. The third-order valence-electron chi connectivity index (χ3n) is 8.11. The second-order valence-electron chi connectivity index (χ2n) is 10.7. The molecule has 0 saturated carbocycles. The van der Waals surface area contributed by atoms with Crippen molar-refractivity contribution in [3.63, 3.8) is 0 Å². The molecule has 0 spiro atoms.